The molecule has 3 unspecified atom stereocenters. The van der Waals surface area contributed by atoms with Crippen LogP contribution in [-0.2, 0) is 19.1 Å². The lowest BCUT2D eigenvalue weighted by Gasteiger charge is -2.31. The molecule has 2 aliphatic heterocycles. The van der Waals surface area contributed by atoms with Crippen LogP contribution in [0.2, 0.25) is 5.02 Å². The van der Waals surface area contributed by atoms with Crippen LogP contribution in [0, 0.1) is 5.92 Å². The predicted molar refractivity (Wildman–Crippen MR) is 184 cm³/mol. The third-order valence-electron chi connectivity index (χ3n) is 8.16. The fraction of sp³-hybridized carbons (Fsp3) is 0.171. The van der Waals surface area contributed by atoms with Crippen molar-refractivity contribution in [2.45, 2.75) is 23.1 Å². The van der Waals surface area contributed by atoms with E-state index in [0.717, 1.165) is 38.8 Å². The second-order valence-corrected chi connectivity index (χ2v) is 13.7. The van der Waals surface area contributed by atoms with Crippen molar-refractivity contribution >= 4 is 80.5 Å². The lowest BCUT2D eigenvalue weighted by atomic mass is 9.82. The Bertz CT molecular complexity index is 2160. The highest BCUT2D eigenvalue weighted by Gasteiger charge is 2.57. The summed E-state index contributed by atoms with van der Waals surface area (Å²) in [5.74, 6) is -3.27. The van der Waals surface area contributed by atoms with Crippen molar-refractivity contribution in [2.75, 3.05) is 23.4 Å². The Hall–Kier alpha value is -4.91. The van der Waals surface area contributed by atoms with Gasteiger partial charge in [-0.1, -0.05) is 65.0 Å². The van der Waals surface area contributed by atoms with Crippen LogP contribution in [0.1, 0.15) is 33.6 Å². The maximum absolute atomic E-state index is 14.2. The van der Waals surface area contributed by atoms with E-state index >= 15 is 0 Å². The number of nitrogens with one attached hydrogen (secondary N) is 2. The van der Waals surface area contributed by atoms with Crippen molar-refractivity contribution in [1.82, 2.24) is 4.98 Å². The zero-order chi connectivity index (χ0) is 33.5. The van der Waals surface area contributed by atoms with Gasteiger partial charge in [-0.2, -0.15) is 0 Å². The van der Waals surface area contributed by atoms with Crippen LogP contribution in [-0.4, -0.2) is 47.1 Å². The number of anilines is 2. The molecule has 10 nitrogen and oxygen atoms in total. The Morgan fingerprint density at radius 1 is 0.938 bits per heavy atom. The molecule has 0 bridgehead atoms. The highest BCUT2D eigenvalue weighted by molar-refractivity contribution is 8.00. The zero-order valence-electron chi connectivity index (χ0n) is 25.2. The van der Waals surface area contributed by atoms with E-state index in [1.165, 1.54) is 24.3 Å². The average molecular weight is 700 g/mol. The van der Waals surface area contributed by atoms with E-state index in [0.29, 0.717) is 31.9 Å². The van der Waals surface area contributed by atoms with Gasteiger partial charge in [0.05, 0.1) is 28.8 Å². The molecule has 2 N–H and O–H groups in total. The molecular formula is C35H26ClN3O7S2. The van der Waals surface area contributed by atoms with Crippen LogP contribution in [0.3, 0.4) is 0 Å². The number of hydrogen-bond donors (Lipinski definition) is 2. The molecule has 1 saturated heterocycles. The van der Waals surface area contributed by atoms with E-state index in [-0.39, 0.29) is 29.4 Å². The number of benzene rings is 4. The molecule has 5 aromatic rings. The first-order valence-electron chi connectivity index (χ1n) is 15.0. The van der Waals surface area contributed by atoms with E-state index < -0.39 is 40.8 Å². The van der Waals surface area contributed by atoms with Crippen molar-refractivity contribution in [3.05, 3.63) is 116 Å². The van der Waals surface area contributed by atoms with Crippen LogP contribution in [0.4, 0.5) is 11.4 Å². The minimum absolute atomic E-state index is 0.211. The SMILES string of the molecule is CCOC(=O)c1ccc(N2C(=O)C3Sc4[nH]c(=O)sc4C(c4cc(Cl)ccc4OCC(=O)Nc4ccc5ccccc5c4)C3C2=O)cc1. The molecule has 3 atom stereocenters. The van der Waals surface area contributed by atoms with Gasteiger partial charge in [-0.05, 0) is 72.3 Å². The molecule has 2 aliphatic rings. The number of amides is 3. The first-order chi connectivity index (χ1) is 23.2. The summed E-state index contributed by atoms with van der Waals surface area (Å²) in [5.41, 5.74) is 1.66. The Labute approximate surface area is 287 Å². The highest BCUT2D eigenvalue weighted by atomic mass is 35.5. The molecule has 48 heavy (non-hydrogen) atoms. The molecule has 242 valence electrons. The van der Waals surface area contributed by atoms with Gasteiger partial charge in [0.25, 0.3) is 5.91 Å². The van der Waals surface area contributed by atoms with Gasteiger partial charge in [0.15, 0.2) is 6.61 Å². The van der Waals surface area contributed by atoms with E-state index in [4.69, 9.17) is 21.1 Å². The summed E-state index contributed by atoms with van der Waals surface area (Å²) in [6.45, 7) is 1.56. The molecule has 0 spiro atoms. The quantitative estimate of drug-likeness (QED) is 0.144. The number of fused-ring (bicyclic) bond motifs is 3. The van der Waals surface area contributed by atoms with Crippen molar-refractivity contribution in [2.24, 2.45) is 5.92 Å². The predicted octanol–water partition coefficient (Wildman–Crippen LogP) is 6.23. The van der Waals surface area contributed by atoms with Crippen LogP contribution < -0.4 is 19.8 Å². The molecule has 13 heteroatoms. The highest BCUT2D eigenvalue weighted by Crippen LogP contribution is 2.54. The number of halogens is 1. The van der Waals surface area contributed by atoms with Gasteiger partial charge in [0.2, 0.25) is 11.8 Å². The molecule has 3 amide bonds. The number of rotatable bonds is 8. The fourth-order valence-corrected chi connectivity index (χ4v) is 8.76. The molecule has 0 saturated carbocycles. The van der Waals surface area contributed by atoms with Gasteiger partial charge in [-0.3, -0.25) is 19.2 Å². The van der Waals surface area contributed by atoms with E-state index in [1.54, 1.807) is 25.1 Å². The zero-order valence-corrected chi connectivity index (χ0v) is 27.6. The minimum atomic E-state index is -0.918. The standard InChI is InChI=1S/C35H26ClN3O7S2/c1-2-45-34(43)19-8-12-23(13-9-19)39-32(41)28-27(29-31(38-35(44)48-29)47-30(28)33(39)42)24-16-21(36)10-14-25(24)46-17-26(40)37-22-11-7-18-5-3-4-6-20(18)15-22/h3-16,27-28,30H,2,17H2,1H3,(H,37,40)(H,38,44). The minimum Gasteiger partial charge on any atom is -0.483 e. The molecule has 3 heterocycles. The number of thioether (sulfide) groups is 1. The number of imide groups is 1. The number of H-pyrrole nitrogens is 1. The van der Waals surface area contributed by atoms with Gasteiger partial charge >= 0.3 is 10.8 Å². The van der Waals surface area contributed by atoms with E-state index in [2.05, 4.69) is 10.3 Å². The average Bonchev–Trinajstić information content (AvgIpc) is 3.58. The number of nitrogens with zero attached hydrogens (tertiary/aromatic N) is 1. The van der Waals surface area contributed by atoms with Crippen molar-refractivity contribution in [1.29, 1.82) is 0 Å². The summed E-state index contributed by atoms with van der Waals surface area (Å²) >= 11 is 8.56. The number of thiazole rings is 1. The molecular weight excluding hydrogens is 674 g/mol. The number of carbonyl (C=O) groups is 4. The summed E-state index contributed by atoms with van der Waals surface area (Å²) in [5, 5.41) is 4.83. The van der Waals surface area contributed by atoms with Crippen LogP contribution in [0.25, 0.3) is 10.8 Å². The normalized spacial score (nSPS) is 18.4. The number of ether oxygens (including phenoxy) is 2. The number of aromatic nitrogens is 1. The van der Waals surface area contributed by atoms with Crippen LogP contribution in [0.5, 0.6) is 5.75 Å². The number of carbonyl (C=O) groups excluding carboxylic acids is 4. The van der Waals surface area contributed by atoms with E-state index in [9.17, 15) is 24.0 Å². The summed E-state index contributed by atoms with van der Waals surface area (Å²) in [7, 11) is 0. The third kappa shape index (κ3) is 5.87. The maximum atomic E-state index is 14.2. The first-order valence-corrected chi connectivity index (χ1v) is 17.0. The molecule has 0 radical (unpaired) electrons. The largest absolute Gasteiger partial charge is 0.483 e. The molecule has 1 fully saturated rings. The molecule has 0 aliphatic carbocycles. The van der Waals surface area contributed by atoms with E-state index in [1.807, 2.05) is 42.5 Å². The lowest BCUT2D eigenvalue weighted by molar-refractivity contribution is -0.122. The van der Waals surface area contributed by atoms with Crippen LogP contribution in [0.15, 0.2) is 94.7 Å². The van der Waals surface area contributed by atoms with Crippen molar-refractivity contribution in [3.8, 4) is 5.75 Å². The van der Waals surface area contributed by atoms with Gasteiger partial charge in [0, 0.05) is 27.1 Å². The summed E-state index contributed by atoms with van der Waals surface area (Å²) in [6, 6.07) is 24.3. The number of aromatic amines is 1. The Balaban J connectivity index is 1.19. The Morgan fingerprint density at radius 2 is 1.71 bits per heavy atom. The number of esters is 1. The second-order valence-electron chi connectivity index (χ2n) is 11.1. The van der Waals surface area contributed by atoms with Crippen molar-refractivity contribution in [3.63, 3.8) is 0 Å². The smallest absolute Gasteiger partial charge is 0.338 e. The second kappa shape index (κ2) is 12.9. The summed E-state index contributed by atoms with van der Waals surface area (Å²) in [4.78, 5) is 70.0. The molecule has 1 aromatic heterocycles. The molecule has 4 aromatic carbocycles. The monoisotopic (exact) mass is 699 g/mol. The van der Waals surface area contributed by atoms with Gasteiger partial charge < -0.3 is 19.8 Å². The van der Waals surface area contributed by atoms with Crippen molar-refractivity contribution < 1.29 is 28.7 Å². The summed E-state index contributed by atoms with van der Waals surface area (Å²) < 4.78 is 11.1. The Morgan fingerprint density at radius 3 is 2.48 bits per heavy atom. The third-order valence-corrected chi connectivity index (χ3v) is 10.8. The van der Waals surface area contributed by atoms with Gasteiger partial charge in [-0.15, -0.1) is 0 Å². The van der Waals surface area contributed by atoms with Gasteiger partial charge in [-0.25, -0.2) is 9.69 Å². The molecule has 7 rings (SSSR count). The first kappa shape index (κ1) is 31.7. The van der Waals surface area contributed by atoms with Gasteiger partial charge in [0.1, 0.15) is 11.0 Å². The summed E-state index contributed by atoms with van der Waals surface area (Å²) in [6.07, 6.45) is 0. The fourth-order valence-electron chi connectivity index (χ4n) is 6.07. The lowest BCUT2D eigenvalue weighted by Crippen LogP contribution is -2.32. The number of hydrogen-bond acceptors (Lipinski definition) is 9. The maximum Gasteiger partial charge on any atom is 0.338 e. The van der Waals surface area contributed by atoms with Crippen LogP contribution >= 0.6 is 34.7 Å². The Kier molecular flexibility index (Phi) is 8.54. The topological polar surface area (TPSA) is 135 Å².